The first-order valence-electron chi connectivity index (χ1n) is 7.79. The van der Waals surface area contributed by atoms with Crippen molar-refractivity contribution in [1.29, 1.82) is 0 Å². The number of carbonyl (C=O) groups excluding carboxylic acids is 1. The summed E-state index contributed by atoms with van der Waals surface area (Å²) in [4.78, 5) is 20.6. The van der Waals surface area contributed by atoms with Crippen molar-refractivity contribution < 1.29 is 8.95 Å². The first-order valence-corrected chi connectivity index (χ1v) is 6.57. The normalized spacial score (nSPS) is 18.5. The summed E-state index contributed by atoms with van der Waals surface area (Å²) in [7, 11) is 0. The van der Waals surface area contributed by atoms with E-state index in [4.69, 9.17) is 15.8 Å². The van der Waals surface area contributed by atoms with Crippen LogP contribution in [0.25, 0.3) is 11.0 Å². The van der Waals surface area contributed by atoms with Crippen LogP contribution in [0.1, 0.15) is 45.0 Å². The van der Waals surface area contributed by atoms with Gasteiger partial charge in [-0.2, -0.15) is 4.98 Å². The Bertz CT molecular complexity index is 715. The Morgan fingerprint density at radius 2 is 2.42 bits per heavy atom. The van der Waals surface area contributed by atoms with Crippen molar-refractivity contribution in [1.82, 2.24) is 19.8 Å². The number of amides is 1. The van der Waals surface area contributed by atoms with E-state index in [0.717, 1.165) is 25.7 Å². The van der Waals surface area contributed by atoms with Gasteiger partial charge >= 0.3 is 0 Å². The second-order valence-corrected chi connectivity index (χ2v) is 5.03. The molecule has 3 rings (SSSR count). The van der Waals surface area contributed by atoms with E-state index in [0.29, 0.717) is 16.3 Å². The summed E-state index contributed by atoms with van der Waals surface area (Å²) in [6.45, 7) is -1.68. The molecule has 0 bridgehead atoms. The maximum Gasteiger partial charge on any atom is 0.267 e. The second kappa shape index (κ2) is 4.81. The van der Waals surface area contributed by atoms with Crippen molar-refractivity contribution in [2.45, 2.75) is 31.7 Å². The largest absolute Gasteiger partial charge is 0.354 e. The van der Waals surface area contributed by atoms with E-state index in [9.17, 15) is 4.79 Å². The van der Waals surface area contributed by atoms with Gasteiger partial charge in [0.2, 0.25) is 5.28 Å². The van der Waals surface area contributed by atoms with E-state index in [-0.39, 0.29) is 17.0 Å². The van der Waals surface area contributed by atoms with E-state index in [2.05, 4.69) is 9.97 Å². The van der Waals surface area contributed by atoms with Crippen molar-refractivity contribution in [3.8, 4) is 0 Å². The van der Waals surface area contributed by atoms with Gasteiger partial charge in [0.15, 0.2) is 1.41 Å². The first-order chi connectivity index (χ1) is 10.5. The number of hydrogen-bond donors (Lipinski definition) is 1. The van der Waals surface area contributed by atoms with E-state index in [1.54, 1.807) is 16.8 Å². The zero-order valence-electron chi connectivity index (χ0n) is 13.2. The van der Waals surface area contributed by atoms with Gasteiger partial charge in [0.1, 0.15) is 11.3 Å². The van der Waals surface area contributed by atoms with Crippen LogP contribution in [0.4, 0.5) is 0 Å². The Hall–Kier alpha value is -1.62. The molecule has 0 aliphatic heterocycles. The molecule has 0 aromatic carbocycles. The smallest absolute Gasteiger partial charge is 0.267 e. The lowest BCUT2D eigenvalue weighted by Crippen LogP contribution is -2.23. The van der Waals surface area contributed by atoms with E-state index < -0.39 is 12.9 Å². The zero-order valence-corrected chi connectivity index (χ0v) is 11.0. The molecule has 1 saturated carbocycles. The van der Waals surface area contributed by atoms with Gasteiger partial charge in [-0.3, -0.25) is 4.79 Å². The summed E-state index contributed by atoms with van der Waals surface area (Å²) in [6.07, 6.45) is 5.53. The minimum absolute atomic E-state index is 0.102. The van der Waals surface area contributed by atoms with Crippen LogP contribution in [0.2, 0.25) is 6.70 Å². The number of hydrogen-bond acceptors (Lipinski definition) is 3. The fourth-order valence-electron chi connectivity index (χ4n) is 2.75. The van der Waals surface area contributed by atoms with Gasteiger partial charge in [0.05, 0.1) is 0 Å². The number of carbonyl (C=O) groups is 1. The van der Waals surface area contributed by atoms with Crippen LogP contribution in [0.5, 0.6) is 0 Å². The minimum Gasteiger partial charge on any atom is -0.354 e. The van der Waals surface area contributed by atoms with Crippen LogP contribution < -0.4 is 5.31 Å². The highest BCUT2D eigenvalue weighted by atomic mass is 35.5. The maximum atomic E-state index is 12.4. The molecule has 19 heavy (non-hydrogen) atoms. The van der Waals surface area contributed by atoms with Gasteiger partial charge in [-0.1, -0.05) is 12.8 Å². The number of fused-ring (bicyclic) bond motifs is 1. The fraction of sp³-hybridized carbons (Fsp3) is 0.462. The lowest BCUT2D eigenvalue weighted by molar-refractivity contribution is 0.0952. The maximum absolute atomic E-state index is 12.4. The Labute approximate surface area is 120 Å². The molecule has 2 heterocycles. The van der Waals surface area contributed by atoms with Crippen molar-refractivity contribution in [2.75, 3.05) is 7.00 Å². The molecular formula is C13H15ClN4O. The summed E-state index contributed by atoms with van der Waals surface area (Å²) in [5.41, 5.74) is 0.827. The zero-order chi connectivity index (χ0) is 15.9. The molecule has 1 amide bonds. The monoisotopic (exact) mass is 281 g/mol. The number of nitrogens with zero attached hydrogens (tertiary/aromatic N) is 3. The van der Waals surface area contributed by atoms with E-state index in [1.165, 1.54) is 0 Å². The molecule has 0 spiro atoms. The van der Waals surface area contributed by atoms with Gasteiger partial charge in [0.25, 0.3) is 5.91 Å². The topological polar surface area (TPSA) is 59.8 Å². The van der Waals surface area contributed by atoms with Gasteiger partial charge < -0.3 is 9.88 Å². The molecule has 1 N–H and O–H groups in total. The third-order valence-corrected chi connectivity index (χ3v) is 3.75. The summed E-state index contributed by atoms with van der Waals surface area (Å²) in [6, 6.07) is 1.72. The number of rotatable bonds is 2. The van der Waals surface area contributed by atoms with Crippen molar-refractivity contribution in [3.05, 3.63) is 23.2 Å². The molecule has 0 unspecified atom stereocenters. The van der Waals surface area contributed by atoms with Crippen LogP contribution in [0, 0.1) is 0 Å². The third kappa shape index (κ3) is 2.08. The quantitative estimate of drug-likeness (QED) is 0.861. The highest BCUT2D eigenvalue weighted by molar-refractivity contribution is 6.28. The number of nitrogens with one attached hydrogen (secondary N) is 1. The van der Waals surface area contributed by atoms with Crippen LogP contribution in [-0.4, -0.2) is 27.4 Å². The lowest BCUT2D eigenvalue weighted by Gasteiger charge is -2.16. The van der Waals surface area contributed by atoms with E-state index in [1.807, 2.05) is 0 Å². The van der Waals surface area contributed by atoms with Crippen molar-refractivity contribution in [2.24, 2.45) is 0 Å². The molecular weight excluding hydrogens is 264 g/mol. The molecule has 0 radical (unpaired) electrons. The first kappa shape index (κ1) is 9.31. The summed E-state index contributed by atoms with van der Waals surface area (Å²) in [5, 5.41) is 1.11. The van der Waals surface area contributed by atoms with Crippen molar-refractivity contribution >= 4 is 28.5 Å². The molecule has 1 aliphatic rings. The highest BCUT2D eigenvalue weighted by Gasteiger charge is 2.25. The molecule has 2 aromatic rings. The minimum atomic E-state index is -1.68. The van der Waals surface area contributed by atoms with Crippen LogP contribution in [0.15, 0.2) is 12.3 Å². The van der Waals surface area contributed by atoms with Gasteiger partial charge in [-0.25, -0.2) is 4.98 Å². The van der Waals surface area contributed by atoms with E-state index >= 15 is 0 Å². The molecule has 0 atom stereocenters. The number of halogens is 1. The molecule has 100 valence electrons. The summed E-state index contributed by atoms with van der Waals surface area (Å²) in [5.74, 6) is -0.684. The average molecular weight is 282 g/mol. The summed E-state index contributed by atoms with van der Waals surface area (Å²) >= 11 is 5.87. The Kier molecular flexibility index (Phi) is 2.36. The van der Waals surface area contributed by atoms with Crippen LogP contribution in [-0.2, 0) is 0 Å². The molecule has 6 heteroatoms. The van der Waals surface area contributed by atoms with Crippen LogP contribution in [0.3, 0.4) is 0 Å². The molecule has 5 nitrogen and oxygen atoms in total. The van der Waals surface area contributed by atoms with Crippen molar-refractivity contribution in [3.63, 3.8) is 0 Å². The fourth-order valence-corrected chi connectivity index (χ4v) is 2.88. The van der Waals surface area contributed by atoms with Gasteiger partial charge in [-0.15, -0.1) is 0 Å². The Balaban J connectivity index is 2.16. The predicted octanol–water partition coefficient (Wildman–Crippen LogP) is 2.56. The average Bonchev–Trinajstić information content (AvgIpc) is 3.11. The lowest BCUT2D eigenvalue weighted by atomic mass is 10.2. The highest BCUT2D eigenvalue weighted by Crippen LogP contribution is 2.34. The van der Waals surface area contributed by atoms with Crippen LogP contribution >= 0.6 is 11.6 Å². The van der Waals surface area contributed by atoms with Gasteiger partial charge in [0, 0.05) is 27.4 Å². The SMILES string of the molecule is [2H]C([2H])N([2H])C(=O)c1cc2cnc(Cl)nc2n1C1CCCC1. The molecule has 1 aliphatic carbocycles. The van der Waals surface area contributed by atoms with Gasteiger partial charge in [-0.05, 0) is 30.5 Å². The molecule has 1 fully saturated rings. The molecule has 2 aromatic heterocycles. The Morgan fingerprint density at radius 1 is 1.63 bits per heavy atom. The second-order valence-electron chi connectivity index (χ2n) is 4.69. The predicted molar refractivity (Wildman–Crippen MR) is 73.4 cm³/mol. The summed E-state index contributed by atoms with van der Waals surface area (Å²) < 4.78 is 23.9. The standard InChI is InChI=1S/C13H15ClN4O/c1-15-12(19)10-6-8-7-16-13(14)17-11(8)18(10)9-4-2-3-5-9/h6-7,9H,2-5H2,1H3,(H,15,19)/i1D2/hD. The Morgan fingerprint density at radius 3 is 3.16 bits per heavy atom. The number of aromatic nitrogens is 3. The molecule has 0 saturated heterocycles. The third-order valence-electron chi connectivity index (χ3n) is 3.57.